The molecule has 2 amide bonds. The number of amides is 2. The minimum absolute atomic E-state index is 0.140. The number of carboxylic acids is 1. The number of nitrogens with zero attached hydrogens (tertiary/aromatic N) is 2. The van der Waals surface area contributed by atoms with Gasteiger partial charge in [-0.2, -0.15) is 0 Å². The van der Waals surface area contributed by atoms with Crippen molar-refractivity contribution in [2.24, 2.45) is 5.73 Å². The van der Waals surface area contributed by atoms with E-state index in [1.54, 1.807) is 0 Å². The normalized spacial score (nSPS) is 9.71. The minimum atomic E-state index is -1.22. The molecule has 1 aromatic rings. The summed E-state index contributed by atoms with van der Waals surface area (Å²) in [6.45, 7) is -0.233. The summed E-state index contributed by atoms with van der Waals surface area (Å²) in [7, 11) is 1.40. The zero-order valence-electron chi connectivity index (χ0n) is 9.08. The lowest BCUT2D eigenvalue weighted by molar-refractivity contribution is -0.118. The fourth-order valence-electron chi connectivity index (χ4n) is 1.21. The van der Waals surface area contributed by atoms with Crippen LogP contribution in [0, 0.1) is 0 Å². The number of hydrogen-bond donors (Lipinski definition) is 2. The lowest BCUT2D eigenvalue weighted by Gasteiger charge is -2.14. The zero-order chi connectivity index (χ0) is 13.0. The van der Waals surface area contributed by atoms with Crippen LogP contribution in [0.4, 0.5) is 0 Å². The molecule has 0 spiro atoms. The number of aromatic carboxylic acids is 1. The van der Waals surface area contributed by atoms with Gasteiger partial charge in [-0.1, -0.05) is 0 Å². The summed E-state index contributed by atoms with van der Waals surface area (Å²) in [5.74, 6) is -2.36. The van der Waals surface area contributed by atoms with Gasteiger partial charge in [0.05, 0.1) is 6.54 Å². The fourth-order valence-corrected chi connectivity index (χ4v) is 1.21. The predicted octanol–water partition coefficient (Wildman–Crippen LogP) is -0.663. The number of carbonyl (C=O) groups is 3. The molecular weight excluding hydrogens is 226 g/mol. The van der Waals surface area contributed by atoms with Gasteiger partial charge in [0.25, 0.3) is 5.91 Å². The van der Waals surface area contributed by atoms with Gasteiger partial charge in [-0.15, -0.1) is 0 Å². The van der Waals surface area contributed by atoms with Crippen LogP contribution in [0.1, 0.15) is 20.8 Å². The van der Waals surface area contributed by atoms with Crippen molar-refractivity contribution in [1.29, 1.82) is 0 Å². The average molecular weight is 237 g/mol. The van der Waals surface area contributed by atoms with Gasteiger partial charge in [0.2, 0.25) is 5.91 Å². The Bertz CT molecular complexity index is 472. The first kappa shape index (κ1) is 12.6. The summed E-state index contributed by atoms with van der Waals surface area (Å²) in [6, 6.07) is 2.51. The number of primary amides is 1. The molecule has 7 nitrogen and oxygen atoms in total. The molecule has 1 aromatic heterocycles. The second-order valence-corrected chi connectivity index (χ2v) is 3.36. The Kier molecular flexibility index (Phi) is 3.76. The molecule has 0 saturated heterocycles. The minimum Gasteiger partial charge on any atom is -0.477 e. The van der Waals surface area contributed by atoms with E-state index in [0.29, 0.717) is 0 Å². The van der Waals surface area contributed by atoms with Crippen molar-refractivity contribution in [3.63, 3.8) is 0 Å². The van der Waals surface area contributed by atoms with Crippen molar-refractivity contribution in [3.8, 4) is 0 Å². The quantitative estimate of drug-likeness (QED) is 0.721. The predicted molar refractivity (Wildman–Crippen MR) is 57.4 cm³/mol. The molecule has 7 heteroatoms. The SMILES string of the molecule is CN(CC(N)=O)C(=O)c1ccnc(C(=O)O)c1. The van der Waals surface area contributed by atoms with E-state index < -0.39 is 17.8 Å². The van der Waals surface area contributed by atoms with Gasteiger partial charge in [-0.25, -0.2) is 9.78 Å². The Hall–Kier alpha value is -2.44. The van der Waals surface area contributed by atoms with E-state index in [2.05, 4.69) is 4.98 Å². The summed E-state index contributed by atoms with van der Waals surface area (Å²) in [5.41, 5.74) is 4.86. The van der Waals surface area contributed by atoms with Crippen LogP contribution in [0.25, 0.3) is 0 Å². The molecular formula is C10H11N3O4. The molecule has 0 aliphatic rings. The zero-order valence-corrected chi connectivity index (χ0v) is 9.08. The standard InChI is InChI=1S/C10H11N3O4/c1-13(5-8(11)14)9(15)6-2-3-12-7(4-6)10(16)17/h2-4H,5H2,1H3,(H2,11,14)(H,16,17). The van der Waals surface area contributed by atoms with Crippen molar-refractivity contribution >= 4 is 17.8 Å². The highest BCUT2D eigenvalue weighted by molar-refractivity contribution is 5.98. The Labute approximate surface area is 96.9 Å². The lowest BCUT2D eigenvalue weighted by Crippen LogP contribution is -2.35. The molecule has 0 aliphatic carbocycles. The van der Waals surface area contributed by atoms with Crippen molar-refractivity contribution in [3.05, 3.63) is 29.6 Å². The third kappa shape index (κ3) is 3.26. The van der Waals surface area contributed by atoms with Gasteiger partial charge in [0.1, 0.15) is 5.69 Å². The summed E-state index contributed by atoms with van der Waals surface area (Å²) in [5, 5.41) is 8.71. The van der Waals surface area contributed by atoms with Gasteiger partial charge in [-0.3, -0.25) is 9.59 Å². The largest absolute Gasteiger partial charge is 0.477 e. The number of rotatable bonds is 4. The highest BCUT2D eigenvalue weighted by Gasteiger charge is 2.15. The number of likely N-dealkylation sites (N-methyl/N-ethyl adjacent to an activating group) is 1. The first-order chi connectivity index (χ1) is 7.91. The number of nitrogens with two attached hydrogens (primary N) is 1. The molecule has 17 heavy (non-hydrogen) atoms. The average Bonchev–Trinajstić information content (AvgIpc) is 2.27. The Morgan fingerprint density at radius 2 is 2.12 bits per heavy atom. The highest BCUT2D eigenvalue weighted by atomic mass is 16.4. The van der Waals surface area contributed by atoms with E-state index in [-0.39, 0.29) is 17.8 Å². The van der Waals surface area contributed by atoms with Crippen molar-refractivity contribution in [1.82, 2.24) is 9.88 Å². The van der Waals surface area contributed by atoms with E-state index in [1.165, 1.54) is 19.3 Å². The van der Waals surface area contributed by atoms with Crippen LogP contribution in [0.3, 0.4) is 0 Å². The number of hydrogen-bond acceptors (Lipinski definition) is 4. The molecule has 0 aromatic carbocycles. The lowest BCUT2D eigenvalue weighted by atomic mass is 10.2. The van der Waals surface area contributed by atoms with Crippen molar-refractivity contribution in [2.45, 2.75) is 0 Å². The van der Waals surface area contributed by atoms with Crippen LogP contribution in [-0.4, -0.2) is 46.4 Å². The summed E-state index contributed by atoms with van der Waals surface area (Å²) >= 11 is 0. The maximum Gasteiger partial charge on any atom is 0.354 e. The number of carbonyl (C=O) groups excluding carboxylic acids is 2. The second kappa shape index (κ2) is 5.06. The number of aromatic nitrogens is 1. The summed E-state index contributed by atoms with van der Waals surface area (Å²) < 4.78 is 0. The molecule has 0 atom stereocenters. The first-order valence-electron chi connectivity index (χ1n) is 4.65. The van der Waals surface area contributed by atoms with Crippen LogP contribution in [0.5, 0.6) is 0 Å². The Balaban J connectivity index is 2.92. The van der Waals surface area contributed by atoms with Crippen LogP contribution in [0.2, 0.25) is 0 Å². The van der Waals surface area contributed by atoms with Crippen LogP contribution in [-0.2, 0) is 4.79 Å². The van der Waals surface area contributed by atoms with E-state index >= 15 is 0 Å². The summed E-state index contributed by atoms with van der Waals surface area (Å²) in [6.07, 6.45) is 1.22. The Morgan fingerprint density at radius 3 is 2.65 bits per heavy atom. The maximum atomic E-state index is 11.8. The van der Waals surface area contributed by atoms with Crippen LogP contribution in [0.15, 0.2) is 18.3 Å². The van der Waals surface area contributed by atoms with E-state index in [4.69, 9.17) is 10.8 Å². The monoisotopic (exact) mass is 237 g/mol. The van der Waals surface area contributed by atoms with Gasteiger partial charge in [-0.05, 0) is 12.1 Å². The smallest absolute Gasteiger partial charge is 0.354 e. The topological polar surface area (TPSA) is 114 Å². The van der Waals surface area contributed by atoms with Gasteiger partial charge < -0.3 is 15.7 Å². The molecule has 0 unspecified atom stereocenters. The molecule has 1 rings (SSSR count). The molecule has 1 heterocycles. The molecule has 0 aliphatic heterocycles. The molecule has 0 saturated carbocycles. The van der Waals surface area contributed by atoms with Crippen molar-refractivity contribution in [2.75, 3.05) is 13.6 Å². The highest BCUT2D eigenvalue weighted by Crippen LogP contribution is 2.05. The fraction of sp³-hybridized carbons (Fsp3) is 0.200. The molecule has 0 bridgehead atoms. The molecule has 3 N–H and O–H groups in total. The molecule has 0 radical (unpaired) electrons. The summed E-state index contributed by atoms with van der Waals surface area (Å²) in [4.78, 5) is 37.7. The molecule has 0 fully saturated rings. The van der Waals surface area contributed by atoms with Gasteiger partial charge >= 0.3 is 5.97 Å². The van der Waals surface area contributed by atoms with E-state index in [9.17, 15) is 14.4 Å². The maximum absolute atomic E-state index is 11.8. The number of carboxylic acid groups (broad SMARTS) is 1. The van der Waals surface area contributed by atoms with E-state index in [1.807, 2.05) is 0 Å². The van der Waals surface area contributed by atoms with Crippen LogP contribution >= 0.6 is 0 Å². The number of pyridine rings is 1. The van der Waals surface area contributed by atoms with Gasteiger partial charge in [0.15, 0.2) is 0 Å². The third-order valence-electron chi connectivity index (χ3n) is 1.97. The van der Waals surface area contributed by atoms with Gasteiger partial charge in [0, 0.05) is 18.8 Å². The first-order valence-corrected chi connectivity index (χ1v) is 4.65. The van der Waals surface area contributed by atoms with Crippen LogP contribution < -0.4 is 5.73 Å². The molecule has 90 valence electrons. The third-order valence-corrected chi connectivity index (χ3v) is 1.97. The van der Waals surface area contributed by atoms with E-state index in [0.717, 1.165) is 11.0 Å². The second-order valence-electron chi connectivity index (χ2n) is 3.36. The van der Waals surface area contributed by atoms with Crippen molar-refractivity contribution < 1.29 is 19.5 Å². The Morgan fingerprint density at radius 1 is 1.47 bits per heavy atom.